The van der Waals surface area contributed by atoms with E-state index in [1.807, 2.05) is 38.1 Å². The largest absolute Gasteiger partial charge is 0.505 e. The maximum absolute atomic E-state index is 11.0. The lowest BCUT2D eigenvalue weighted by molar-refractivity contribution is 0.442. The van der Waals surface area contributed by atoms with Gasteiger partial charge >= 0.3 is 0 Å². The van der Waals surface area contributed by atoms with Gasteiger partial charge in [0.1, 0.15) is 11.4 Å². The first-order valence-corrected chi connectivity index (χ1v) is 9.93. The van der Waals surface area contributed by atoms with Gasteiger partial charge in [0.2, 0.25) is 0 Å². The molecule has 0 bridgehead atoms. The highest BCUT2D eigenvalue weighted by atomic mass is 35.5. The average Bonchev–Trinajstić information content (AvgIpc) is 2.97. The Morgan fingerprint density at radius 1 is 1.07 bits per heavy atom. The second-order valence-corrected chi connectivity index (χ2v) is 9.16. The number of fused-ring (bicyclic) bond motifs is 1. The molecule has 1 aliphatic carbocycles. The maximum atomic E-state index is 11.0. The average molecular weight is 390 g/mol. The molecular formula is C22H32ClN3O. The van der Waals surface area contributed by atoms with Gasteiger partial charge in [-0.1, -0.05) is 79.1 Å². The number of rotatable bonds is 1. The first kappa shape index (κ1) is 21.5. The van der Waals surface area contributed by atoms with E-state index in [1.165, 1.54) is 0 Å². The van der Waals surface area contributed by atoms with Crippen LogP contribution in [-0.4, -0.2) is 16.9 Å². The number of phenols is 1. The van der Waals surface area contributed by atoms with Gasteiger partial charge in [0.05, 0.1) is 11.8 Å². The molecule has 2 N–H and O–H groups in total. The molecule has 1 unspecified atom stereocenters. The Morgan fingerprint density at radius 3 is 2.26 bits per heavy atom. The van der Waals surface area contributed by atoms with Crippen molar-refractivity contribution >= 4 is 23.0 Å². The van der Waals surface area contributed by atoms with Crippen LogP contribution >= 0.6 is 11.6 Å². The van der Waals surface area contributed by atoms with E-state index in [1.54, 1.807) is 5.12 Å². The SMILES string of the molecule is CC.CC(C)(C)c1cc(N2N=C3C=C(Cl)C=CC3N2)c(O)c(C(C)(C)C)c1. The van der Waals surface area contributed by atoms with E-state index in [2.05, 4.69) is 58.1 Å². The lowest BCUT2D eigenvalue weighted by atomic mass is 9.79. The first-order valence-electron chi connectivity index (χ1n) is 9.55. The fourth-order valence-electron chi connectivity index (χ4n) is 2.95. The summed E-state index contributed by atoms with van der Waals surface area (Å²) in [5.74, 6) is 0.259. The number of hydrazone groups is 1. The number of benzene rings is 1. The number of phenolic OH excluding ortho intramolecular Hbond substituents is 1. The van der Waals surface area contributed by atoms with Crippen LogP contribution in [0.3, 0.4) is 0 Å². The summed E-state index contributed by atoms with van der Waals surface area (Å²) in [4.78, 5) is 0. The van der Waals surface area contributed by atoms with E-state index in [9.17, 15) is 5.11 Å². The summed E-state index contributed by atoms with van der Waals surface area (Å²) in [6.07, 6.45) is 5.67. The molecule has 1 aliphatic heterocycles. The van der Waals surface area contributed by atoms with Crippen LogP contribution in [0.5, 0.6) is 5.75 Å². The Hall–Kier alpha value is -1.78. The van der Waals surface area contributed by atoms with E-state index >= 15 is 0 Å². The highest BCUT2D eigenvalue weighted by Gasteiger charge is 2.31. The van der Waals surface area contributed by atoms with Crippen molar-refractivity contribution in [3.63, 3.8) is 0 Å². The van der Waals surface area contributed by atoms with Gasteiger partial charge in [-0.2, -0.15) is 15.6 Å². The molecule has 1 heterocycles. The molecule has 0 spiro atoms. The Morgan fingerprint density at radius 2 is 1.70 bits per heavy atom. The smallest absolute Gasteiger partial charge is 0.146 e. The van der Waals surface area contributed by atoms with Crippen molar-refractivity contribution in [2.75, 3.05) is 5.12 Å². The lowest BCUT2D eigenvalue weighted by Crippen LogP contribution is -2.37. The molecule has 0 saturated heterocycles. The van der Waals surface area contributed by atoms with Crippen LogP contribution in [-0.2, 0) is 10.8 Å². The summed E-state index contributed by atoms with van der Waals surface area (Å²) >= 11 is 6.08. The number of allylic oxidation sites excluding steroid dienone is 2. The number of nitrogens with zero attached hydrogens (tertiary/aromatic N) is 2. The van der Waals surface area contributed by atoms with E-state index in [-0.39, 0.29) is 22.6 Å². The molecule has 0 radical (unpaired) electrons. The molecule has 148 valence electrons. The van der Waals surface area contributed by atoms with Crippen LogP contribution in [0.15, 0.2) is 40.5 Å². The molecule has 1 atom stereocenters. The second-order valence-electron chi connectivity index (χ2n) is 8.72. The zero-order valence-electron chi connectivity index (χ0n) is 17.7. The number of hydrogen-bond donors (Lipinski definition) is 2. The molecule has 4 nitrogen and oxygen atoms in total. The van der Waals surface area contributed by atoms with Crippen molar-refractivity contribution in [3.05, 3.63) is 46.5 Å². The summed E-state index contributed by atoms with van der Waals surface area (Å²) in [6.45, 7) is 16.8. The van der Waals surface area contributed by atoms with Crippen molar-refractivity contribution in [2.24, 2.45) is 5.10 Å². The zero-order chi connectivity index (χ0) is 20.6. The molecule has 27 heavy (non-hydrogen) atoms. The fourth-order valence-corrected chi connectivity index (χ4v) is 3.14. The summed E-state index contributed by atoms with van der Waals surface area (Å²) in [5.41, 5.74) is 6.67. The number of halogens is 1. The van der Waals surface area contributed by atoms with Gasteiger partial charge < -0.3 is 5.11 Å². The Kier molecular flexibility index (Phi) is 6.13. The van der Waals surface area contributed by atoms with Gasteiger partial charge in [0.15, 0.2) is 0 Å². The molecule has 5 heteroatoms. The number of nitrogens with one attached hydrogen (secondary N) is 1. The van der Waals surface area contributed by atoms with E-state index < -0.39 is 0 Å². The first-order chi connectivity index (χ1) is 12.5. The number of hydrogen-bond acceptors (Lipinski definition) is 4. The van der Waals surface area contributed by atoms with Crippen molar-refractivity contribution < 1.29 is 5.11 Å². The van der Waals surface area contributed by atoms with E-state index in [0.29, 0.717) is 10.7 Å². The molecule has 0 amide bonds. The van der Waals surface area contributed by atoms with Crippen molar-refractivity contribution in [2.45, 2.75) is 72.3 Å². The third-order valence-corrected chi connectivity index (χ3v) is 4.76. The van der Waals surface area contributed by atoms with E-state index in [4.69, 9.17) is 11.6 Å². The Bertz CT molecular complexity index is 795. The van der Waals surface area contributed by atoms with Crippen LogP contribution in [0.1, 0.15) is 66.5 Å². The summed E-state index contributed by atoms with van der Waals surface area (Å²) in [6, 6.07) is 4.08. The van der Waals surface area contributed by atoms with Crippen molar-refractivity contribution in [1.29, 1.82) is 0 Å². The number of anilines is 1. The van der Waals surface area contributed by atoms with Crippen LogP contribution in [0.2, 0.25) is 0 Å². The van der Waals surface area contributed by atoms with Crippen molar-refractivity contribution in [3.8, 4) is 5.75 Å². The highest BCUT2D eigenvalue weighted by molar-refractivity contribution is 6.33. The molecule has 0 saturated carbocycles. The van der Waals surface area contributed by atoms with Gasteiger partial charge in [0, 0.05) is 10.6 Å². The molecule has 2 aliphatic rings. The maximum Gasteiger partial charge on any atom is 0.146 e. The number of hydrazine groups is 1. The van der Waals surface area contributed by atoms with Crippen LogP contribution < -0.4 is 10.5 Å². The van der Waals surface area contributed by atoms with Gasteiger partial charge in [-0.05, 0) is 34.6 Å². The molecular weight excluding hydrogens is 358 g/mol. The molecule has 1 aromatic rings. The Labute approximate surface area is 168 Å². The molecule has 0 fully saturated rings. The second kappa shape index (κ2) is 7.69. The minimum absolute atomic E-state index is 0.0294. The minimum Gasteiger partial charge on any atom is -0.505 e. The standard InChI is InChI=1S/C20H26ClN3O.C2H6/c1-19(2,3)12-9-14(20(4,5)6)18(25)17(10-12)24-22-15-8-7-13(21)11-16(15)23-24;1-2/h7-11,15,22,25H,1-6H3;1-2H3. The predicted octanol–water partition coefficient (Wildman–Crippen LogP) is 5.76. The highest BCUT2D eigenvalue weighted by Crippen LogP contribution is 2.42. The predicted molar refractivity (Wildman–Crippen MR) is 117 cm³/mol. The molecule has 3 rings (SSSR count). The normalized spacial score (nSPS) is 19.1. The molecule has 0 aromatic heterocycles. The Balaban J connectivity index is 0.00000126. The monoisotopic (exact) mass is 389 g/mol. The van der Waals surface area contributed by atoms with Gasteiger partial charge in [0.25, 0.3) is 0 Å². The molecule has 1 aromatic carbocycles. The minimum atomic E-state index is -0.178. The topological polar surface area (TPSA) is 47.9 Å². The van der Waals surface area contributed by atoms with Crippen molar-refractivity contribution in [1.82, 2.24) is 5.43 Å². The summed E-state index contributed by atoms with van der Waals surface area (Å²) < 4.78 is 0. The number of aromatic hydroxyl groups is 1. The lowest BCUT2D eigenvalue weighted by Gasteiger charge is -2.29. The van der Waals surface area contributed by atoms with Crippen LogP contribution in [0, 0.1) is 0 Å². The van der Waals surface area contributed by atoms with Gasteiger partial charge in [-0.25, -0.2) is 0 Å². The summed E-state index contributed by atoms with van der Waals surface area (Å²) in [5, 5.41) is 17.9. The van der Waals surface area contributed by atoms with Crippen LogP contribution in [0.4, 0.5) is 5.69 Å². The third kappa shape index (κ3) is 4.56. The van der Waals surface area contributed by atoms with E-state index in [0.717, 1.165) is 16.8 Å². The van der Waals surface area contributed by atoms with Gasteiger partial charge in [-0.3, -0.25) is 0 Å². The van der Waals surface area contributed by atoms with Crippen LogP contribution in [0.25, 0.3) is 0 Å². The quantitative estimate of drug-likeness (QED) is 0.642. The third-order valence-electron chi connectivity index (χ3n) is 4.52. The van der Waals surface area contributed by atoms with Gasteiger partial charge in [-0.15, -0.1) is 0 Å². The fraction of sp³-hybridized carbons (Fsp3) is 0.500. The zero-order valence-corrected chi connectivity index (χ0v) is 18.4. The summed E-state index contributed by atoms with van der Waals surface area (Å²) in [7, 11) is 0.